The van der Waals surface area contributed by atoms with Crippen LogP contribution >= 0.6 is 0 Å². The molecule has 0 bridgehead atoms. The molecule has 18 heavy (non-hydrogen) atoms. The van der Waals surface area contributed by atoms with Gasteiger partial charge in [-0.2, -0.15) is 0 Å². The van der Waals surface area contributed by atoms with Gasteiger partial charge in [0.1, 0.15) is 0 Å². The predicted octanol–water partition coefficient (Wildman–Crippen LogP) is 4.59. The minimum atomic E-state index is -0.230. The molecule has 2 heteroatoms. The lowest BCUT2D eigenvalue weighted by atomic mass is 10.0. The summed E-state index contributed by atoms with van der Waals surface area (Å²) in [5.41, 5.74) is 0. The third-order valence-electron chi connectivity index (χ3n) is 4.64. The molecule has 1 heterocycles. The summed E-state index contributed by atoms with van der Waals surface area (Å²) in [6, 6.07) is 0. The van der Waals surface area contributed by atoms with Crippen molar-refractivity contribution < 1.29 is 0 Å². The van der Waals surface area contributed by atoms with Crippen LogP contribution < -0.4 is 0 Å². The molecular weight excluding hydrogens is 233 g/mol. The van der Waals surface area contributed by atoms with Gasteiger partial charge in [-0.1, -0.05) is 67.5 Å². The molecule has 0 saturated carbocycles. The van der Waals surface area contributed by atoms with Crippen LogP contribution in [-0.4, -0.2) is 38.7 Å². The predicted molar refractivity (Wildman–Crippen MR) is 84.7 cm³/mol. The van der Waals surface area contributed by atoms with Gasteiger partial charge in [0.25, 0.3) is 14.1 Å². The molecule has 104 valence electrons. The first-order valence-electron chi connectivity index (χ1n) is 8.17. The summed E-state index contributed by atoms with van der Waals surface area (Å²) in [5.74, 6) is 1.11. The first kappa shape index (κ1) is 16.3. The highest BCUT2D eigenvalue weighted by Gasteiger charge is 2.27. The van der Waals surface area contributed by atoms with Gasteiger partial charge in [0.2, 0.25) is 0 Å². The number of likely N-dealkylation sites (N-methyl/N-ethyl adjacent to an activating group) is 1. The summed E-state index contributed by atoms with van der Waals surface area (Å²) in [4.78, 5) is 2.46. The van der Waals surface area contributed by atoms with Crippen LogP contribution in [0, 0.1) is 5.92 Å². The highest BCUT2D eigenvalue weighted by molar-refractivity contribution is 6.59. The van der Waals surface area contributed by atoms with Crippen LogP contribution in [0.4, 0.5) is 0 Å². The molecule has 0 amide bonds. The Morgan fingerprint density at radius 3 is 2.56 bits per heavy atom. The molecule has 1 rings (SSSR count). The Morgan fingerprint density at radius 2 is 1.94 bits per heavy atom. The van der Waals surface area contributed by atoms with E-state index in [2.05, 4.69) is 37.8 Å². The van der Waals surface area contributed by atoms with Crippen LogP contribution in [0.1, 0.15) is 46.5 Å². The topological polar surface area (TPSA) is 3.24 Å². The van der Waals surface area contributed by atoms with E-state index >= 15 is 0 Å². The summed E-state index contributed by atoms with van der Waals surface area (Å²) in [7, 11) is 0. The lowest BCUT2D eigenvalue weighted by Crippen LogP contribution is -2.22. The first-order chi connectivity index (χ1) is 8.80. The molecule has 1 aliphatic rings. The summed E-state index contributed by atoms with van der Waals surface area (Å²) >= 11 is -0.230. The molecule has 1 fully saturated rings. The molecule has 1 nitrogen and oxygen atoms in total. The molecule has 0 radical (unpaired) electrons. The standard InChI is InChI=1S/C14H27N.C2H5.Al/c1-5-14(4)12-10-8-9-11-13-15(6-2)7-3;1-2;/h9,11,14H,1,4-8,10,12-13H2,2-3H3;1H2,2H3;/b11-9+;;. The van der Waals surface area contributed by atoms with Crippen molar-refractivity contribution in [2.24, 2.45) is 5.92 Å². The van der Waals surface area contributed by atoms with E-state index in [0.717, 1.165) is 12.5 Å². The van der Waals surface area contributed by atoms with Crippen LogP contribution in [0.3, 0.4) is 0 Å². The second-order valence-electron chi connectivity index (χ2n) is 5.84. The maximum atomic E-state index is 2.46. The van der Waals surface area contributed by atoms with Crippen molar-refractivity contribution in [1.29, 1.82) is 0 Å². The summed E-state index contributed by atoms with van der Waals surface area (Å²) in [6.45, 7) is 10.4. The number of hydrogen-bond donors (Lipinski definition) is 0. The van der Waals surface area contributed by atoms with Crippen LogP contribution in [0.5, 0.6) is 0 Å². The van der Waals surface area contributed by atoms with Gasteiger partial charge in [-0.3, -0.25) is 0 Å². The second-order valence-corrected chi connectivity index (χ2v) is 9.44. The first-order valence-corrected chi connectivity index (χ1v) is 10.6. The van der Waals surface area contributed by atoms with E-state index in [1.165, 1.54) is 32.4 Å². The number of rotatable bonds is 9. The van der Waals surface area contributed by atoms with Gasteiger partial charge in [-0.15, -0.1) is 0 Å². The Labute approximate surface area is 119 Å². The Kier molecular flexibility index (Phi) is 9.11. The van der Waals surface area contributed by atoms with E-state index in [1.807, 2.05) is 0 Å². The Hall–Kier alpha value is 0.232. The fourth-order valence-electron chi connectivity index (χ4n) is 3.16. The molecule has 0 aromatic carbocycles. The highest BCUT2D eigenvalue weighted by Crippen LogP contribution is 2.32. The lowest BCUT2D eigenvalue weighted by Gasteiger charge is -2.14. The van der Waals surface area contributed by atoms with Crippen molar-refractivity contribution in [3.05, 3.63) is 12.2 Å². The molecule has 0 N–H and O–H groups in total. The van der Waals surface area contributed by atoms with Gasteiger partial charge >= 0.3 is 0 Å². The minimum absolute atomic E-state index is 0.230. The van der Waals surface area contributed by atoms with Crippen molar-refractivity contribution in [2.75, 3.05) is 19.6 Å². The summed E-state index contributed by atoms with van der Waals surface area (Å²) < 4.78 is 0. The van der Waals surface area contributed by atoms with Crippen molar-refractivity contribution in [3.8, 4) is 0 Å². The van der Waals surface area contributed by atoms with Gasteiger partial charge in [0.15, 0.2) is 0 Å². The molecular formula is C16H32AlN. The monoisotopic (exact) mass is 265 g/mol. The Balaban J connectivity index is 2.00. The normalized spacial score (nSPS) is 20.4. The third kappa shape index (κ3) is 6.41. The Morgan fingerprint density at radius 1 is 1.17 bits per heavy atom. The molecule has 0 aromatic heterocycles. The summed E-state index contributed by atoms with van der Waals surface area (Å²) in [5, 5.41) is 4.83. The van der Waals surface area contributed by atoms with Gasteiger partial charge in [-0.25, -0.2) is 0 Å². The quantitative estimate of drug-likeness (QED) is 0.335. The zero-order chi connectivity index (χ0) is 13.2. The van der Waals surface area contributed by atoms with E-state index in [9.17, 15) is 0 Å². The average molecular weight is 265 g/mol. The SMILES string of the molecule is CCN(CC)C/C=C/CCCC1C[CH2][Al]([CH2]C)[CH2]1. The van der Waals surface area contributed by atoms with Crippen molar-refractivity contribution in [3.63, 3.8) is 0 Å². The van der Waals surface area contributed by atoms with E-state index in [-0.39, 0.29) is 14.1 Å². The van der Waals surface area contributed by atoms with E-state index < -0.39 is 0 Å². The van der Waals surface area contributed by atoms with Crippen molar-refractivity contribution in [2.45, 2.75) is 62.3 Å². The maximum absolute atomic E-state index is 2.46. The molecule has 0 spiro atoms. The smallest absolute Gasteiger partial charge is 0.261 e. The van der Waals surface area contributed by atoms with Crippen LogP contribution in [0.15, 0.2) is 12.2 Å². The minimum Gasteiger partial charge on any atom is -0.300 e. The zero-order valence-corrected chi connectivity index (χ0v) is 14.0. The third-order valence-corrected chi connectivity index (χ3v) is 8.27. The molecule has 0 aliphatic carbocycles. The summed E-state index contributed by atoms with van der Waals surface area (Å²) in [6.07, 6.45) is 10.6. The van der Waals surface area contributed by atoms with Gasteiger partial charge in [-0.05, 0) is 25.9 Å². The van der Waals surface area contributed by atoms with Crippen LogP contribution in [-0.2, 0) is 0 Å². The Bertz CT molecular complexity index is 223. The molecule has 1 unspecified atom stereocenters. The van der Waals surface area contributed by atoms with Crippen LogP contribution in [0.2, 0.25) is 15.8 Å². The van der Waals surface area contributed by atoms with Gasteiger partial charge in [0, 0.05) is 6.54 Å². The molecule has 0 aromatic rings. The number of unbranched alkanes of at least 4 members (excludes halogenated alkanes) is 1. The lowest BCUT2D eigenvalue weighted by molar-refractivity contribution is 0.337. The highest BCUT2D eigenvalue weighted by atomic mass is 27.2. The molecule has 1 atom stereocenters. The van der Waals surface area contributed by atoms with Gasteiger partial charge < -0.3 is 4.90 Å². The number of nitrogens with zero attached hydrogens (tertiary/aromatic N) is 1. The van der Waals surface area contributed by atoms with Crippen molar-refractivity contribution in [1.82, 2.24) is 4.90 Å². The number of allylic oxidation sites excluding steroid dienone is 1. The average Bonchev–Trinajstić information content (AvgIpc) is 2.86. The molecule has 1 aliphatic heterocycles. The van der Waals surface area contributed by atoms with Crippen molar-refractivity contribution >= 4 is 14.1 Å². The van der Waals surface area contributed by atoms with Crippen LogP contribution in [0.25, 0.3) is 0 Å². The largest absolute Gasteiger partial charge is 0.300 e. The fraction of sp³-hybridized carbons (Fsp3) is 0.875. The van der Waals surface area contributed by atoms with E-state index in [0.29, 0.717) is 0 Å². The second kappa shape index (κ2) is 10.1. The zero-order valence-electron chi connectivity index (χ0n) is 12.8. The number of hydrogen-bond acceptors (Lipinski definition) is 1. The van der Waals surface area contributed by atoms with E-state index in [1.54, 1.807) is 22.3 Å². The van der Waals surface area contributed by atoms with E-state index in [4.69, 9.17) is 0 Å². The van der Waals surface area contributed by atoms with Gasteiger partial charge in [0.05, 0.1) is 0 Å². The fourth-order valence-corrected chi connectivity index (χ4v) is 6.49. The maximum Gasteiger partial charge on any atom is 0.261 e. The molecule has 1 saturated heterocycles.